The van der Waals surface area contributed by atoms with Crippen molar-refractivity contribution in [2.45, 2.75) is 19.3 Å². The average Bonchev–Trinajstić information content (AvgIpc) is 2.91. The largest absolute Gasteiger partial charge is 0.298 e. The van der Waals surface area contributed by atoms with Crippen molar-refractivity contribution >= 4 is 22.4 Å². The Hall–Kier alpha value is -2.67. The smallest absolute Gasteiger partial charge is 0.263 e. The summed E-state index contributed by atoms with van der Waals surface area (Å²) in [5.74, 6) is -3.13. The molecule has 1 aliphatic carbocycles. The zero-order valence-electron chi connectivity index (χ0n) is 13.5. The number of hydrogen-bond donors (Lipinski definition) is 1. The molecule has 26 heavy (non-hydrogen) atoms. The molecule has 0 radical (unpaired) electrons. The van der Waals surface area contributed by atoms with Gasteiger partial charge in [0.2, 0.25) is 0 Å². The molecule has 0 spiro atoms. The molecule has 0 bridgehead atoms. The fraction of sp³-hybridized carbons (Fsp3) is 0.158. The van der Waals surface area contributed by atoms with Crippen LogP contribution in [0.25, 0.3) is 11.3 Å². The third kappa shape index (κ3) is 2.99. The van der Waals surface area contributed by atoms with Gasteiger partial charge in [0, 0.05) is 10.4 Å². The van der Waals surface area contributed by atoms with Crippen LogP contribution in [-0.4, -0.2) is 10.9 Å². The number of aryl methyl sites for hydroxylation is 2. The van der Waals surface area contributed by atoms with Gasteiger partial charge in [-0.25, -0.2) is 18.2 Å². The van der Waals surface area contributed by atoms with Crippen LogP contribution in [0.2, 0.25) is 0 Å². The highest BCUT2D eigenvalue weighted by Crippen LogP contribution is 2.37. The molecule has 1 N–H and O–H groups in total. The van der Waals surface area contributed by atoms with Gasteiger partial charge < -0.3 is 0 Å². The Labute approximate surface area is 151 Å². The second kappa shape index (κ2) is 6.57. The number of fused-ring (bicyclic) bond motifs is 3. The van der Waals surface area contributed by atoms with E-state index >= 15 is 0 Å². The molecule has 2 aromatic carbocycles. The Morgan fingerprint density at radius 1 is 1.08 bits per heavy atom. The van der Waals surface area contributed by atoms with Crippen molar-refractivity contribution in [2.75, 3.05) is 5.32 Å². The number of carbonyl (C=O) groups excluding carboxylic acids is 1. The van der Waals surface area contributed by atoms with Gasteiger partial charge in [0.05, 0.1) is 5.69 Å². The molecule has 3 nitrogen and oxygen atoms in total. The molecular formula is C19H13F3N2OS. The molecule has 1 amide bonds. The van der Waals surface area contributed by atoms with Crippen molar-refractivity contribution in [1.82, 2.24) is 4.98 Å². The van der Waals surface area contributed by atoms with E-state index in [2.05, 4.69) is 10.3 Å². The van der Waals surface area contributed by atoms with Gasteiger partial charge in [0.15, 0.2) is 5.13 Å². The summed E-state index contributed by atoms with van der Waals surface area (Å²) >= 11 is 1.24. The second-order valence-electron chi connectivity index (χ2n) is 6.00. The maximum absolute atomic E-state index is 13.8. The van der Waals surface area contributed by atoms with Crippen LogP contribution in [0.15, 0.2) is 36.4 Å². The lowest BCUT2D eigenvalue weighted by molar-refractivity contribution is 0.101. The zero-order chi connectivity index (χ0) is 18.3. The number of halogens is 3. The number of amides is 1. The molecule has 0 saturated heterocycles. The standard InChI is InChI=1S/C19H13F3N2OS/c20-11-8-7-10-3-1-6-15-17(12(10)9-11)23-19(26-15)24-18(25)16-13(21)4-2-5-14(16)22/h2,4-5,7-9H,1,3,6H2,(H,23,24,25). The van der Waals surface area contributed by atoms with Crippen LogP contribution in [-0.2, 0) is 12.8 Å². The van der Waals surface area contributed by atoms with Gasteiger partial charge in [-0.2, -0.15) is 0 Å². The summed E-state index contributed by atoms with van der Waals surface area (Å²) in [4.78, 5) is 17.6. The van der Waals surface area contributed by atoms with Gasteiger partial charge in [-0.15, -0.1) is 11.3 Å². The average molecular weight is 374 g/mol. The summed E-state index contributed by atoms with van der Waals surface area (Å²) in [7, 11) is 0. The molecule has 0 unspecified atom stereocenters. The quantitative estimate of drug-likeness (QED) is 0.688. The first kappa shape index (κ1) is 16.8. The van der Waals surface area contributed by atoms with Gasteiger partial charge in [-0.3, -0.25) is 10.1 Å². The van der Waals surface area contributed by atoms with E-state index in [0.29, 0.717) is 11.3 Å². The summed E-state index contributed by atoms with van der Waals surface area (Å²) in [5, 5.41) is 2.69. The van der Waals surface area contributed by atoms with Crippen LogP contribution >= 0.6 is 11.3 Å². The van der Waals surface area contributed by atoms with Crippen molar-refractivity contribution in [2.24, 2.45) is 0 Å². The van der Waals surface area contributed by atoms with Crippen molar-refractivity contribution in [3.05, 3.63) is 69.9 Å². The summed E-state index contributed by atoms with van der Waals surface area (Å²) in [6.07, 6.45) is 2.44. The Morgan fingerprint density at radius 3 is 2.62 bits per heavy atom. The van der Waals surface area contributed by atoms with Crippen LogP contribution < -0.4 is 5.32 Å². The highest BCUT2D eigenvalue weighted by molar-refractivity contribution is 7.16. The van der Waals surface area contributed by atoms with E-state index in [9.17, 15) is 18.0 Å². The van der Waals surface area contributed by atoms with E-state index in [1.807, 2.05) is 0 Å². The Balaban J connectivity index is 1.69. The predicted octanol–water partition coefficient (Wildman–Crippen LogP) is 4.97. The van der Waals surface area contributed by atoms with Gasteiger partial charge in [0.1, 0.15) is 23.0 Å². The molecule has 4 rings (SSSR count). The molecule has 1 aliphatic rings. The summed E-state index contributed by atoms with van der Waals surface area (Å²) in [6.45, 7) is 0. The van der Waals surface area contributed by atoms with E-state index in [-0.39, 0.29) is 10.9 Å². The van der Waals surface area contributed by atoms with Crippen LogP contribution in [0.5, 0.6) is 0 Å². The van der Waals surface area contributed by atoms with E-state index in [0.717, 1.165) is 41.8 Å². The van der Waals surface area contributed by atoms with Gasteiger partial charge in [-0.1, -0.05) is 12.1 Å². The third-order valence-electron chi connectivity index (χ3n) is 4.28. The number of thiazole rings is 1. The summed E-state index contributed by atoms with van der Waals surface area (Å²) in [5.41, 5.74) is 1.66. The van der Waals surface area contributed by atoms with Crippen molar-refractivity contribution < 1.29 is 18.0 Å². The maximum atomic E-state index is 13.8. The maximum Gasteiger partial charge on any atom is 0.263 e. The minimum absolute atomic E-state index is 0.236. The topological polar surface area (TPSA) is 42.0 Å². The first-order valence-corrected chi connectivity index (χ1v) is 8.88. The minimum Gasteiger partial charge on any atom is -0.298 e. The lowest BCUT2D eigenvalue weighted by Gasteiger charge is -2.06. The second-order valence-corrected chi connectivity index (χ2v) is 7.08. The van der Waals surface area contributed by atoms with Gasteiger partial charge in [-0.05, 0) is 49.1 Å². The number of benzene rings is 2. The zero-order valence-corrected chi connectivity index (χ0v) is 14.3. The number of rotatable bonds is 2. The van der Waals surface area contributed by atoms with Crippen molar-refractivity contribution in [3.8, 4) is 11.3 Å². The lowest BCUT2D eigenvalue weighted by atomic mass is 10.0. The predicted molar refractivity (Wildman–Crippen MR) is 93.8 cm³/mol. The fourth-order valence-electron chi connectivity index (χ4n) is 3.09. The monoisotopic (exact) mass is 374 g/mol. The highest BCUT2D eigenvalue weighted by atomic mass is 32.1. The van der Waals surface area contributed by atoms with Crippen LogP contribution in [0.4, 0.5) is 18.3 Å². The Kier molecular flexibility index (Phi) is 4.24. The highest BCUT2D eigenvalue weighted by Gasteiger charge is 2.23. The molecule has 0 aliphatic heterocycles. The number of nitrogens with one attached hydrogen (secondary N) is 1. The molecule has 0 atom stereocenters. The fourth-order valence-corrected chi connectivity index (χ4v) is 4.10. The number of aromatic nitrogens is 1. The lowest BCUT2D eigenvalue weighted by Crippen LogP contribution is -2.15. The van der Waals surface area contributed by atoms with E-state index < -0.39 is 23.1 Å². The molecule has 0 fully saturated rings. The van der Waals surface area contributed by atoms with E-state index in [1.165, 1.54) is 29.5 Å². The van der Waals surface area contributed by atoms with Gasteiger partial charge >= 0.3 is 0 Å². The third-order valence-corrected chi connectivity index (χ3v) is 5.32. The van der Waals surface area contributed by atoms with Crippen LogP contribution in [0.3, 0.4) is 0 Å². The molecule has 7 heteroatoms. The SMILES string of the molecule is O=C(Nc1nc2c(s1)CCCc1ccc(F)cc1-2)c1c(F)cccc1F. The number of anilines is 1. The summed E-state index contributed by atoms with van der Waals surface area (Å²) in [6, 6.07) is 7.83. The molecule has 1 heterocycles. The molecule has 1 aromatic heterocycles. The minimum atomic E-state index is -0.937. The molecule has 0 saturated carbocycles. The van der Waals surface area contributed by atoms with Crippen molar-refractivity contribution in [1.29, 1.82) is 0 Å². The van der Waals surface area contributed by atoms with Crippen molar-refractivity contribution in [3.63, 3.8) is 0 Å². The first-order chi connectivity index (χ1) is 12.5. The first-order valence-electron chi connectivity index (χ1n) is 8.07. The normalized spacial score (nSPS) is 12.9. The Morgan fingerprint density at radius 2 is 1.85 bits per heavy atom. The molecule has 132 valence electrons. The van der Waals surface area contributed by atoms with Crippen LogP contribution in [0, 0.1) is 17.5 Å². The van der Waals surface area contributed by atoms with E-state index in [1.54, 1.807) is 6.07 Å². The number of hydrogen-bond acceptors (Lipinski definition) is 3. The molecular weight excluding hydrogens is 361 g/mol. The van der Waals surface area contributed by atoms with Gasteiger partial charge in [0.25, 0.3) is 5.91 Å². The summed E-state index contributed by atoms with van der Waals surface area (Å²) < 4.78 is 41.2. The number of carbonyl (C=O) groups is 1. The van der Waals surface area contributed by atoms with E-state index in [4.69, 9.17) is 0 Å². The van der Waals surface area contributed by atoms with Crippen LogP contribution in [0.1, 0.15) is 27.2 Å². The Bertz CT molecular complexity index is 996. The molecule has 3 aromatic rings. The number of nitrogens with zero attached hydrogens (tertiary/aromatic N) is 1.